The van der Waals surface area contributed by atoms with Gasteiger partial charge in [-0.3, -0.25) is 0 Å². The first-order valence-electron chi connectivity index (χ1n) is 6.91. The normalized spacial score (nSPS) is 15.4. The number of ether oxygens (including phenoxy) is 1. The quantitative estimate of drug-likeness (QED) is 0.854. The highest BCUT2D eigenvalue weighted by atomic mass is 16.5. The van der Waals surface area contributed by atoms with Crippen LogP contribution in [-0.2, 0) is 0 Å². The number of hydrogen-bond acceptors (Lipinski definition) is 4. The van der Waals surface area contributed by atoms with Crippen LogP contribution in [0.2, 0.25) is 0 Å². The Morgan fingerprint density at radius 2 is 2.18 bits per heavy atom. The van der Waals surface area contributed by atoms with Gasteiger partial charge in [0.25, 0.3) is 0 Å². The van der Waals surface area contributed by atoms with Crippen molar-refractivity contribution in [2.45, 2.75) is 13.0 Å². The SMILES string of the molecule is CC(COc1ccccc1C(=O)O)NC(=O)N1CC(C#N)C1. The second-order valence-corrected chi connectivity index (χ2v) is 5.19. The second kappa shape index (κ2) is 6.80. The van der Waals surface area contributed by atoms with Crippen molar-refractivity contribution in [2.24, 2.45) is 5.92 Å². The van der Waals surface area contributed by atoms with Gasteiger partial charge in [-0.2, -0.15) is 5.26 Å². The Morgan fingerprint density at radius 3 is 2.82 bits per heavy atom. The molecule has 0 spiro atoms. The minimum Gasteiger partial charge on any atom is -0.491 e. The zero-order valence-electron chi connectivity index (χ0n) is 12.2. The van der Waals surface area contributed by atoms with E-state index in [2.05, 4.69) is 11.4 Å². The molecule has 1 heterocycles. The van der Waals surface area contributed by atoms with Gasteiger partial charge in [0.05, 0.1) is 18.0 Å². The minimum atomic E-state index is -1.06. The Kier molecular flexibility index (Phi) is 4.84. The van der Waals surface area contributed by atoms with Gasteiger partial charge in [-0.15, -0.1) is 0 Å². The largest absolute Gasteiger partial charge is 0.491 e. The van der Waals surface area contributed by atoms with Crippen LogP contribution >= 0.6 is 0 Å². The Hall–Kier alpha value is -2.75. The number of rotatable bonds is 5. The van der Waals surface area contributed by atoms with Crippen LogP contribution in [-0.4, -0.2) is 47.7 Å². The highest BCUT2D eigenvalue weighted by Gasteiger charge is 2.30. The molecular formula is C15H17N3O4. The number of nitriles is 1. The molecule has 1 aliphatic heterocycles. The molecule has 0 radical (unpaired) electrons. The number of amides is 2. The van der Waals surface area contributed by atoms with Crippen LogP contribution in [0.5, 0.6) is 5.75 Å². The summed E-state index contributed by atoms with van der Waals surface area (Å²) in [6.45, 7) is 2.81. The summed E-state index contributed by atoms with van der Waals surface area (Å²) in [5.74, 6) is -0.875. The monoisotopic (exact) mass is 303 g/mol. The van der Waals surface area contributed by atoms with Gasteiger partial charge in [0.1, 0.15) is 17.9 Å². The molecule has 1 aromatic carbocycles. The van der Waals surface area contributed by atoms with Crippen molar-refractivity contribution in [3.63, 3.8) is 0 Å². The third-order valence-corrected chi connectivity index (χ3v) is 3.33. The smallest absolute Gasteiger partial charge is 0.339 e. The first-order valence-corrected chi connectivity index (χ1v) is 6.91. The fourth-order valence-electron chi connectivity index (χ4n) is 2.05. The lowest BCUT2D eigenvalue weighted by Crippen LogP contribution is -2.55. The molecule has 7 heteroatoms. The number of nitrogens with one attached hydrogen (secondary N) is 1. The van der Waals surface area contributed by atoms with E-state index in [0.717, 1.165) is 0 Å². The average molecular weight is 303 g/mol. The van der Waals surface area contributed by atoms with Gasteiger partial charge in [0, 0.05) is 13.1 Å². The first kappa shape index (κ1) is 15.6. The third-order valence-electron chi connectivity index (χ3n) is 3.33. The Balaban J connectivity index is 1.81. The van der Waals surface area contributed by atoms with E-state index in [1.807, 2.05) is 0 Å². The fourth-order valence-corrected chi connectivity index (χ4v) is 2.05. The van der Waals surface area contributed by atoms with Crippen molar-refractivity contribution < 1.29 is 19.4 Å². The number of urea groups is 1. The molecule has 7 nitrogen and oxygen atoms in total. The molecule has 116 valence electrons. The molecule has 2 N–H and O–H groups in total. The summed E-state index contributed by atoms with van der Waals surface area (Å²) in [7, 11) is 0. The van der Waals surface area contributed by atoms with Crippen LogP contribution in [0.4, 0.5) is 4.79 Å². The molecule has 1 unspecified atom stereocenters. The number of para-hydroxylation sites is 1. The van der Waals surface area contributed by atoms with Gasteiger partial charge in [-0.25, -0.2) is 9.59 Å². The van der Waals surface area contributed by atoms with E-state index in [4.69, 9.17) is 15.1 Å². The number of carbonyl (C=O) groups is 2. The summed E-state index contributed by atoms with van der Waals surface area (Å²) in [5, 5.41) is 20.5. The third kappa shape index (κ3) is 3.67. The Bertz CT molecular complexity index is 605. The molecule has 2 rings (SSSR count). The maximum absolute atomic E-state index is 11.8. The molecule has 0 saturated carbocycles. The predicted octanol–water partition coefficient (Wildman–Crippen LogP) is 1.32. The highest BCUT2D eigenvalue weighted by Crippen LogP contribution is 2.18. The molecule has 2 amide bonds. The van der Waals surface area contributed by atoms with Crippen molar-refractivity contribution in [3.05, 3.63) is 29.8 Å². The summed E-state index contributed by atoms with van der Waals surface area (Å²) < 4.78 is 5.47. The molecule has 0 bridgehead atoms. The number of aromatic carboxylic acids is 1. The summed E-state index contributed by atoms with van der Waals surface area (Å²) in [4.78, 5) is 24.4. The summed E-state index contributed by atoms with van der Waals surface area (Å²) in [5.41, 5.74) is 0.0839. The predicted molar refractivity (Wildman–Crippen MR) is 77.6 cm³/mol. The van der Waals surface area contributed by atoms with Crippen molar-refractivity contribution in [1.82, 2.24) is 10.2 Å². The standard InChI is InChI=1S/C15H17N3O4/c1-10(17-15(21)18-7-11(6-16)8-18)9-22-13-5-3-2-4-12(13)14(19)20/h2-5,10-11H,7-9H2,1H3,(H,17,21)(H,19,20). The van der Waals surface area contributed by atoms with E-state index in [1.165, 1.54) is 6.07 Å². The van der Waals surface area contributed by atoms with Crippen molar-refractivity contribution >= 4 is 12.0 Å². The van der Waals surface area contributed by atoms with E-state index in [0.29, 0.717) is 13.1 Å². The van der Waals surface area contributed by atoms with Crippen LogP contribution in [0.25, 0.3) is 0 Å². The first-order chi connectivity index (χ1) is 10.5. The molecule has 0 aliphatic carbocycles. The van der Waals surface area contributed by atoms with Crippen LogP contribution in [0.15, 0.2) is 24.3 Å². The number of carbonyl (C=O) groups excluding carboxylic acids is 1. The maximum atomic E-state index is 11.8. The van der Waals surface area contributed by atoms with E-state index < -0.39 is 5.97 Å². The molecule has 1 fully saturated rings. The molecule has 1 saturated heterocycles. The number of carboxylic acid groups (broad SMARTS) is 1. The van der Waals surface area contributed by atoms with Crippen LogP contribution in [0, 0.1) is 17.2 Å². The lowest BCUT2D eigenvalue weighted by atomic mass is 10.0. The zero-order valence-corrected chi connectivity index (χ0v) is 12.2. The Labute approximate surface area is 128 Å². The fraction of sp³-hybridized carbons (Fsp3) is 0.400. The number of nitrogens with zero attached hydrogens (tertiary/aromatic N) is 2. The molecule has 22 heavy (non-hydrogen) atoms. The van der Waals surface area contributed by atoms with Crippen LogP contribution in [0.1, 0.15) is 17.3 Å². The molecule has 0 aromatic heterocycles. The van der Waals surface area contributed by atoms with Crippen molar-refractivity contribution in [3.8, 4) is 11.8 Å². The minimum absolute atomic E-state index is 0.0836. The lowest BCUT2D eigenvalue weighted by molar-refractivity contribution is 0.0691. The van der Waals surface area contributed by atoms with Gasteiger partial charge in [-0.1, -0.05) is 12.1 Å². The number of hydrogen-bond donors (Lipinski definition) is 2. The lowest BCUT2D eigenvalue weighted by Gasteiger charge is -2.35. The maximum Gasteiger partial charge on any atom is 0.339 e. The van der Waals surface area contributed by atoms with E-state index in [1.54, 1.807) is 30.0 Å². The Morgan fingerprint density at radius 1 is 1.50 bits per heavy atom. The van der Waals surface area contributed by atoms with Gasteiger partial charge < -0.3 is 20.1 Å². The van der Waals surface area contributed by atoms with E-state index >= 15 is 0 Å². The molecule has 1 atom stereocenters. The molecule has 1 aliphatic rings. The molecule has 1 aromatic rings. The summed E-state index contributed by atoms with van der Waals surface area (Å²) >= 11 is 0. The van der Waals surface area contributed by atoms with Crippen LogP contribution in [0.3, 0.4) is 0 Å². The number of carboxylic acids is 1. The van der Waals surface area contributed by atoms with Gasteiger partial charge >= 0.3 is 12.0 Å². The number of likely N-dealkylation sites (tertiary alicyclic amines) is 1. The van der Waals surface area contributed by atoms with Gasteiger partial charge in [0.2, 0.25) is 0 Å². The zero-order chi connectivity index (χ0) is 16.1. The average Bonchev–Trinajstić information content (AvgIpc) is 2.44. The van der Waals surface area contributed by atoms with Gasteiger partial charge in [0.15, 0.2) is 0 Å². The van der Waals surface area contributed by atoms with Crippen molar-refractivity contribution in [2.75, 3.05) is 19.7 Å². The van der Waals surface area contributed by atoms with E-state index in [9.17, 15) is 9.59 Å². The van der Waals surface area contributed by atoms with Gasteiger partial charge in [-0.05, 0) is 19.1 Å². The van der Waals surface area contributed by atoms with Crippen molar-refractivity contribution in [1.29, 1.82) is 5.26 Å². The summed E-state index contributed by atoms with van der Waals surface area (Å²) in [6, 6.07) is 7.92. The molecular weight excluding hydrogens is 286 g/mol. The second-order valence-electron chi connectivity index (χ2n) is 5.19. The topological polar surface area (TPSA) is 103 Å². The van der Waals surface area contributed by atoms with Crippen LogP contribution < -0.4 is 10.1 Å². The van der Waals surface area contributed by atoms with E-state index in [-0.39, 0.29) is 35.9 Å². The summed E-state index contributed by atoms with van der Waals surface area (Å²) in [6.07, 6.45) is 0. The highest BCUT2D eigenvalue weighted by molar-refractivity contribution is 5.90. The number of benzene rings is 1.